The van der Waals surface area contributed by atoms with Crippen LogP contribution in [0.1, 0.15) is 5.76 Å². The highest BCUT2D eigenvalue weighted by Crippen LogP contribution is 2.35. The van der Waals surface area contributed by atoms with E-state index < -0.39 is 21.5 Å². The molecule has 0 saturated heterocycles. The van der Waals surface area contributed by atoms with Crippen LogP contribution in [0.3, 0.4) is 0 Å². The second kappa shape index (κ2) is 8.07. The number of rotatable bonds is 6. The Kier molecular flexibility index (Phi) is 6.07. The first-order valence-electron chi connectivity index (χ1n) is 6.96. The molecule has 136 valence electrons. The van der Waals surface area contributed by atoms with E-state index in [1.807, 2.05) is 4.72 Å². The number of carbonyl (C=O) groups is 1. The topological polar surface area (TPSA) is 119 Å². The van der Waals surface area contributed by atoms with Crippen LogP contribution in [0.5, 0.6) is 11.5 Å². The van der Waals surface area contributed by atoms with Crippen LogP contribution in [0.2, 0.25) is 0 Å². The average molecular weight is 441 g/mol. The fourth-order valence-corrected chi connectivity index (χ4v) is 3.94. The lowest BCUT2D eigenvalue weighted by molar-refractivity contribution is -0.115. The smallest absolute Gasteiger partial charge is 0.275 e. The van der Waals surface area contributed by atoms with Crippen LogP contribution >= 0.6 is 15.9 Å². The van der Waals surface area contributed by atoms with E-state index in [9.17, 15) is 13.2 Å². The maximum Gasteiger partial charge on any atom is 0.275 e. The van der Waals surface area contributed by atoms with Crippen molar-refractivity contribution >= 4 is 37.9 Å². The van der Waals surface area contributed by atoms with Crippen molar-refractivity contribution in [3.63, 3.8) is 0 Å². The molecule has 0 aliphatic carbocycles. The standard InChI is InChI=1S/C16H13BrN2O6S/c1-23-13-7-12(17)15(8-14(13)24-2)26(21,22)19-16(20)10(9-18)6-11-4-3-5-25-11/h3-8H,1-2H3,(H,19,20)/b10-6-. The molecule has 1 aromatic carbocycles. The highest BCUT2D eigenvalue weighted by Gasteiger charge is 2.25. The van der Waals surface area contributed by atoms with Crippen molar-refractivity contribution in [2.45, 2.75) is 4.90 Å². The van der Waals surface area contributed by atoms with Gasteiger partial charge in [0.2, 0.25) is 0 Å². The van der Waals surface area contributed by atoms with Crippen LogP contribution in [0.15, 0.2) is 49.9 Å². The molecular weight excluding hydrogens is 428 g/mol. The molecule has 0 radical (unpaired) electrons. The minimum Gasteiger partial charge on any atom is -0.493 e. The van der Waals surface area contributed by atoms with Crippen LogP contribution in [-0.4, -0.2) is 28.5 Å². The first-order valence-corrected chi connectivity index (χ1v) is 9.24. The van der Waals surface area contributed by atoms with E-state index in [0.29, 0.717) is 5.75 Å². The van der Waals surface area contributed by atoms with Crippen molar-refractivity contribution in [2.24, 2.45) is 0 Å². The number of furan rings is 1. The Balaban J connectivity index is 2.37. The van der Waals surface area contributed by atoms with E-state index in [4.69, 9.17) is 19.2 Å². The SMILES string of the molecule is COc1cc(Br)c(S(=O)(=O)NC(=O)/C(C#N)=C\c2ccco2)cc1OC. The van der Waals surface area contributed by atoms with Crippen LogP contribution in [-0.2, 0) is 14.8 Å². The average Bonchev–Trinajstić information content (AvgIpc) is 3.11. The first kappa shape index (κ1) is 19.6. The van der Waals surface area contributed by atoms with Gasteiger partial charge >= 0.3 is 0 Å². The molecule has 0 atom stereocenters. The number of ether oxygens (including phenoxy) is 2. The number of nitrogens with zero attached hydrogens (tertiary/aromatic N) is 1. The molecule has 0 bridgehead atoms. The number of methoxy groups -OCH3 is 2. The summed E-state index contributed by atoms with van der Waals surface area (Å²) in [6.45, 7) is 0. The number of hydrogen-bond acceptors (Lipinski definition) is 7. The third kappa shape index (κ3) is 4.25. The number of nitriles is 1. The highest BCUT2D eigenvalue weighted by molar-refractivity contribution is 9.10. The Morgan fingerprint density at radius 3 is 2.50 bits per heavy atom. The molecule has 0 spiro atoms. The third-order valence-corrected chi connectivity index (χ3v) is 5.44. The molecule has 26 heavy (non-hydrogen) atoms. The van der Waals surface area contributed by atoms with E-state index in [-0.39, 0.29) is 20.9 Å². The van der Waals surface area contributed by atoms with Gasteiger partial charge in [0.15, 0.2) is 11.5 Å². The lowest BCUT2D eigenvalue weighted by atomic mass is 10.2. The van der Waals surface area contributed by atoms with Gasteiger partial charge in [-0.05, 0) is 34.1 Å². The Hall–Kier alpha value is -2.77. The number of sulfonamides is 1. The van der Waals surface area contributed by atoms with Gasteiger partial charge in [-0.25, -0.2) is 13.1 Å². The lowest BCUT2D eigenvalue weighted by Crippen LogP contribution is -2.31. The van der Waals surface area contributed by atoms with Crippen molar-refractivity contribution < 1.29 is 27.1 Å². The number of halogens is 1. The summed E-state index contributed by atoms with van der Waals surface area (Å²) in [6, 6.07) is 7.31. The zero-order valence-corrected chi connectivity index (χ0v) is 16.0. The highest BCUT2D eigenvalue weighted by atomic mass is 79.9. The second-order valence-electron chi connectivity index (χ2n) is 4.76. The number of carbonyl (C=O) groups excluding carboxylic acids is 1. The Bertz CT molecular complexity index is 990. The fraction of sp³-hybridized carbons (Fsp3) is 0.125. The molecule has 2 aromatic rings. The third-order valence-electron chi connectivity index (χ3n) is 3.15. The summed E-state index contributed by atoms with van der Waals surface area (Å²) < 4.78 is 42.2. The van der Waals surface area contributed by atoms with Crippen molar-refractivity contribution in [3.05, 3.63) is 46.3 Å². The van der Waals surface area contributed by atoms with Gasteiger partial charge in [-0.1, -0.05) is 0 Å². The molecule has 8 nitrogen and oxygen atoms in total. The Labute approximate surface area is 158 Å². The second-order valence-corrected chi connectivity index (χ2v) is 7.26. The fourth-order valence-electron chi connectivity index (χ4n) is 1.94. The van der Waals surface area contributed by atoms with Crippen LogP contribution in [0.25, 0.3) is 6.08 Å². The van der Waals surface area contributed by atoms with Crippen molar-refractivity contribution in [1.29, 1.82) is 5.26 Å². The van der Waals surface area contributed by atoms with Crippen molar-refractivity contribution in [3.8, 4) is 17.6 Å². The van der Waals surface area contributed by atoms with Gasteiger partial charge in [0.25, 0.3) is 15.9 Å². The molecule has 0 unspecified atom stereocenters. The minimum absolute atomic E-state index is 0.156. The Morgan fingerprint density at radius 1 is 1.31 bits per heavy atom. The molecule has 10 heteroatoms. The number of amides is 1. The predicted molar refractivity (Wildman–Crippen MR) is 94.9 cm³/mol. The number of nitrogens with one attached hydrogen (secondary N) is 1. The van der Waals surface area contributed by atoms with Crippen LogP contribution < -0.4 is 14.2 Å². The van der Waals surface area contributed by atoms with Crippen LogP contribution in [0.4, 0.5) is 0 Å². The largest absolute Gasteiger partial charge is 0.493 e. The van der Waals surface area contributed by atoms with E-state index in [2.05, 4.69) is 15.9 Å². The quantitative estimate of drug-likeness (QED) is 0.540. The van der Waals surface area contributed by atoms with E-state index in [1.165, 1.54) is 38.7 Å². The summed E-state index contributed by atoms with van der Waals surface area (Å²) in [4.78, 5) is 11.9. The molecule has 1 N–H and O–H groups in total. The van der Waals surface area contributed by atoms with Crippen molar-refractivity contribution in [1.82, 2.24) is 4.72 Å². The molecule has 1 heterocycles. The lowest BCUT2D eigenvalue weighted by Gasteiger charge is -2.12. The summed E-state index contributed by atoms with van der Waals surface area (Å²) >= 11 is 3.12. The number of hydrogen-bond donors (Lipinski definition) is 1. The van der Waals surface area contributed by atoms with Gasteiger partial charge in [-0.2, -0.15) is 5.26 Å². The van der Waals surface area contributed by atoms with Crippen molar-refractivity contribution in [2.75, 3.05) is 14.2 Å². The Morgan fingerprint density at radius 2 is 1.96 bits per heavy atom. The minimum atomic E-state index is -4.29. The van der Waals surface area contributed by atoms with E-state index >= 15 is 0 Å². The summed E-state index contributed by atoms with van der Waals surface area (Å²) in [7, 11) is -1.54. The van der Waals surface area contributed by atoms with Gasteiger partial charge in [0.05, 0.1) is 20.5 Å². The molecular formula is C16H13BrN2O6S. The molecule has 1 aromatic heterocycles. The summed E-state index contributed by atoms with van der Waals surface area (Å²) in [6.07, 6.45) is 2.49. The zero-order valence-electron chi connectivity index (χ0n) is 13.6. The first-order chi connectivity index (χ1) is 12.3. The van der Waals surface area contributed by atoms with Gasteiger partial charge in [0, 0.05) is 16.6 Å². The van der Waals surface area contributed by atoms with Crippen LogP contribution in [0, 0.1) is 11.3 Å². The summed E-state index contributed by atoms with van der Waals surface area (Å²) in [5.41, 5.74) is -0.430. The number of benzene rings is 1. The maximum absolute atomic E-state index is 12.5. The van der Waals surface area contributed by atoms with Gasteiger partial charge in [-0.15, -0.1) is 0 Å². The molecule has 0 aliphatic heterocycles. The molecule has 0 saturated carbocycles. The van der Waals surface area contributed by atoms with E-state index in [0.717, 1.165) is 6.08 Å². The molecule has 0 aliphatic rings. The predicted octanol–water partition coefficient (Wildman–Crippen LogP) is 2.47. The molecule has 2 rings (SSSR count). The normalized spacial score (nSPS) is 11.5. The summed E-state index contributed by atoms with van der Waals surface area (Å²) in [5, 5.41) is 9.11. The van der Waals surface area contributed by atoms with Gasteiger partial charge in [0.1, 0.15) is 22.3 Å². The van der Waals surface area contributed by atoms with Gasteiger partial charge in [-0.3, -0.25) is 4.79 Å². The monoisotopic (exact) mass is 440 g/mol. The molecule has 0 fully saturated rings. The zero-order chi connectivity index (χ0) is 19.3. The summed E-state index contributed by atoms with van der Waals surface area (Å²) in [5.74, 6) is -0.387. The van der Waals surface area contributed by atoms with E-state index in [1.54, 1.807) is 12.1 Å². The van der Waals surface area contributed by atoms with Gasteiger partial charge < -0.3 is 13.9 Å². The maximum atomic E-state index is 12.5. The molecule has 1 amide bonds.